The van der Waals surface area contributed by atoms with E-state index in [9.17, 15) is 14.0 Å². The second-order valence-corrected chi connectivity index (χ2v) is 7.12. The largest absolute Gasteiger partial charge is 0.497 e. The number of hydrogen-bond acceptors (Lipinski definition) is 3. The number of benzene rings is 2. The van der Waals surface area contributed by atoms with Gasteiger partial charge >= 0.3 is 0 Å². The summed E-state index contributed by atoms with van der Waals surface area (Å²) in [6, 6.07) is 11.6. The predicted octanol–water partition coefficient (Wildman–Crippen LogP) is 3.29. The average molecular weight is 405 g/mol. The van der Waals surface area contributed by atoms with Crippen LogP contribution >= 0.6 is 11.6 Å². The molecule has 148 valence electrons. The smallest absolute Gasteiger partial charge is 0.227 e. The molecule has 2 aromatic rings. The maximum atomic E-state index is 13.2. The van der Waals surface area contributed by atoms with Crippen LogP contribution < -0.4 is 4.74 Å². The number of carbonyl (C=O) groups excluding carboxylic acids is 2. The first-order valence-corrected chi connectivity index (χ1v) is 9.46. The number of carbonyl (C=O) groups is 2. The summed E-state index contributed by atoms with van der Waals surface area (Å²) in [5.41, 5.74) is 1.56. The first-order chi connectivity index (χ1) is 13.5. The van der Waals surface area contributed by atoms with Gasteiger partial charge in [0.25, 0.3) is 0 Å². The number of nitrogens with zero attached hydrogens (tertiary/aromatic N) is 2. The summed E-state index contributed by atoms with van der Waals surface area (Å²) in [5, 5.41) is 0.235. The van der Waals surface area contributed by atoms with Gasteiger partial charge in [-0.05, 0) is 35.4 Å². The molecular weight excluding hydrogens is 383 g/mol. The lowest BCUT2D eigenvalue weighted by Crippen LogP contribution is -2.36. The molecule has 5 nitrogen and oxygen atoms in total. The van der Waals surface area contributed by atoms with Crippen molar-refractivity contribution in [1.82, 2.24) is 9.80 Å². The van der Waals surface area contributed by atoms with Crippen molar-refractivity contribution >= 4 is 23.4 Å². The number of amides is 2. The van der Waals surface area contributed by atoms with Gasteiger partial charge in [0.2, 0.25) is 11.8 Å². The second-order valence-electron chi connectivity index (χ2n) is 6.71. The molecular formula is C21H22ClFN2O3. The van der Waals surface area contributed by atoms with Gasteiger partial charge in [0.15, 0.2) is 0 Å². The van der Waals surface area contributed by atoms with Crippen LogP contribution in [0.1, 0.15) is 17.5 Å². The highest BCUT2D eigenvalue weighted by Crippen LogP contribution is 2.20. The van der Waals surface area contributed by atoms with Gasteiger partial charge in [-0.1, -0.05) is 29.8 Å². The molecule has 0 bridgehead atoms. The standard InChI is InChI=1S/C21H22ClFN2O3/c1-28-18-4-2-3-15(11-18)14-25-10-9-24(8-7-20(25)26)21(27)12-16-5-6-17(23)13-19(16)22/h2-6,11,13H,7-10,12,14H2,1H3. The van der Waals surface area contributed by atoms with Crippen LogP contribution in [-0.4, -0.2) is 48.4 Å². The van der Waals surface area contributed by atoms with E-state index in [4.69, 9.17) is 16.3 Å². The Morgan fingerprint density at radius 3 is 2.75 bits per heavy atom. The van der Waals surface area contributed by atoms with Crippen molar-refractivity contribution in [2.24, 2.45) is 0 Å². The highest BCUT2D eigenvalue weighted by Gasteiger charge is 2.24. The number of hydrogen-bond donors (Lipinski definition) is 0. The average Bonchev–Trinajstić information content (AvgIpc) is 2.86. The highest BCUT2D eigenvalue weighted by atomic mass is 35.5. The van der Waals surface area contributed by atoms with E-state index in [1.807, 2.05) is 24.3 Å². The van der Waals surface area contributed by atoms with Gasteiger partial charge in [0.05, 0.1) is 13.5 Å². The minimum absolute atomic E-state index is 0.0120. The van der Waals surface area contributed by atoms with Crippen molar-refractivity contribution in [2.75, 3.05) is 26.7 Å². The topological polar surface area (TPSA) is 49.9 Å². The first kappa shape index (κ1) is 20.1. The molecule has 7 heteroatoms. The van der Waals surface area contributed by atoms with Crippen molar-refractivity contribution in [3.05, 3.63) is 64.4 Å². The van der Waals surface area contributed by atoms with Gasteiger partial charge < -0.3 is 14.5 Å². The highest BCUT2D eigenvalue weighted by molar-refractivity contribution is 6.31. The molecule has 1 heterocycles. The molecule has 0 spiro atoms. The number of ether oxygens (including phenoxy) is 1. The number of halogens is 2. The molecule has 0 N–H and O–H groups in total. The van der Waals surface area contributed by atoms with Crippen LogP contribution in [0, 0.1) is 5.82 Å². The molecule has 2 aromatic carbocycles. The lowest BCUT2D eigenvalue weighted by Gasteiger charge is -2.22. The summed E-state index contributed by atoms with van der Waals surface area (Å²) in [5.74, 6) is 0.199. The van der Waals surface area contributed by atoms with Gasteiger partial charge in [0.1, 0.15) is 11.6 Å². The Hall–Kier alpha value is -2.60. The quantitative estimate of drug-likeness (QED) is 0.768. The Bertz CT molecular complexity index is 874. The minimum Gasteiger partial charge on any atom is -0.497 e. The van der Waals surface area contributed by atoms with Gasteiger partial charge in [-0.3, -0.25) is 9.59 Å². The normalized spacial score (nSPS) is 14.8. The van der Waals surface area contributed by atoms with Gasteiger partial charge in [0, 0.05) is 37.6 Å². The third-order valence-electron chi connectivity index (χ3n) is 4.81. The van der Waals surface area contributed by atoms with E-state index in [1.165, 1.54) is 18.2 Å². The van der Waals surface area contributed by atoms with Crippen LogP contribution in [0.25, 0.3) is 0 Å². The van der Waals surface area contributed by atoms with E-state index in [0.29, 0.717) is 31.7 Å². The summed E-state index contributed by atoms with van der Waals surface area (Å²) in [7, 11) is 1.60. The fraction of sp³-hybridized carbons (Fsp3) is 0.333. The number of methoxy groups -OCH3 is 1. The van der Waals surface area contributed by atoms with Crippen LogP contribution in [0.5, 0.6) is 5.75 Å². The lowest BCUT2D eigenvalue weighted by atomic mass is 10.1. The van der Waals surface area contributed by atoms with E-state index < -0.39 is 5.82 Å². The molecule has 3 rings (SSSR count). The molecule has 0 atom stereocenters. The molecule has 0 unspecified atom stereocenters. The fourth-order valence-corrected chi connectivity index (χ4v) is 3.45. The third-order valence-corrected chi connectivity index (χ3v) is 5.16. The number of rotatable bonds is 5. The van der Waals surface area contributed by atoms with E-state index in [1.54, 1.807) is 16.9 Å². The van der Waals surface area contributed by atoms with Crippen LogP contribution in [0.3, 0.4) is 0 Å². The molecule has 0 aromatic heterocycles. The summed E-state index contributed by atoms with van der Waals surface area (Å²) in [6.07, 6.45) is 0.357. The monoisotopic (exact) mass is 404 g/mol. The van der Waals surface area contributed by atoms with E-state index >= 15 is 0 Å². The lowest BCUT2D eigenvalue weighted by molar-refractivity contribution is -0.130. The fourth-order valence-electron chi connectivity index (χ4n) is 3.21. The van der Waals surface area contributed by atoms with Crippen LogP contribution in [0.15, 0.2) is 42.5 Å². The molecule has 28 heavy (non-hydrogen) atoms. The van der Waals surface area contributed by atoms with Crippen molar-refractivity contribution in [3.63, 3.8) is 0 Å². The second kappa shape index (κ2) is 9.06. The Morgan fingerprint density at radius 1 is 1.18 bits per heavy atom. The SMILES string of the molecule is COc1cccc(CN2CCN(C(=O)Cc3ccc(F)cc3Cl)CCC2=O)c1. The van der Waals surface area contributed by atoms with Crippen LogP contribution in [0.4, 0.5) is 4.39 Å². The molecule has 0 saturated carbocycles. The van der Waals surface area contributed by atoms with Gasteiger partial charge in [-0.2, -0.15) is 0 Å². The van der Waals surface area contributed by atoms with Crippen molar-refractivity contribution in [2.45, 2.75) is 19.4 Å². The van der Waals surface area contributed by atoms with Crippen molar-refractivity contribution in [3.8, 4) is 5.75 Å². The third kappa shape index (κ3) is 5.01. The predicted molar refractivity (Wildman–Crippen MR) is 105 cm³/mol. The zero-order valence-corrected chi connectivity index (χ0v) is 16.4. The van der Waals surface area contributed by atoms with Gasteiger partial charge in [-0.15, -0.1) is 0 Å². The van der Waals surface area contributed by atoms with Crippen molar-refractivity contribution in [1.29, 1.82) is 0 Å². The maximum Gasteiger partial charge on any atom is 0.227 e. The van der Waals surface area contributed by atoms with E-state index in [2.05, 4.69) is 0 Å². The van der Waals surface area contributed by atoms with Crippen molar-refractivity contribution < 1.29 is 18.7 Å². The molecule has 2 amide bonds. The summed E-state index contributed by atoms with van der Waals surface area (Å²) < 4.78 is 18.4. The molecule has 1 aliphatic rings. The van der Waals surface area contributed by atoms with E-state index in [0.717, 1.165) is 11.3 Å². The summed E-state index contributed by atoms with van der Waals surface area (Å²) in [6.45, 7) is 1.75. The minimum atomic E-state index is -0.435. The molecule has 1 aliphatic heterocycles. The molecule has 1 saturated heterocycles. The Morgan fingerprint density at radius 2 is 2.00 bits per heavy atom. The van der Waals surface area contributed by atoms with Crippen LogP contribution in [-0.2, 0) is 22.6 Å². The molecule has 0 aliphatic carbocycles. The maximum absolute atomic E-state index is 13.2. The summed E-state index contributed by atoms with van der Waals surface area (Å²) in [4.78, 5) is 28.6. The molecule has 0 radical (unpaired) electrons. The first-order valence-electron chi connectivity index (χ1n) is 9.08. The Balaban J connectivity index is 1.62. The van der Waals surface area contributed by atoms with E-state index in [-0.39, 0.29) is 29.7 Å². The zero-order valence-electron chi connectivity index (χ0n) is 15.7. The summed E-state index contributed by atoms with van der Waals surface area (Å²) >= 11 is 6.02. The Kier molecular flexibility index (Phi) is 6.52. The Labute approximate surface area is 168 Å². The zero-order chi connectivity index (χ0) is 20.1. The van der Waals surface area contributed by atoms with Crippen LogP contribution in [0.2, 0.25) is 5.02 Å². The molecule has 1 fully saturated rings. The van der Waals surface area contributed by atoms with Gasteiger partial charge in [-0.25, -0.2) is 4.39 Å².